The van der Waals surface area contributed by atoms with E-state index in [2.05, 4.69) is 0 Å². The molecule has 2 aromatic carbocycles. The number of hydrogen-bond acceptors (Lipinski definition) is 6. The topological polar surface area (TPSA) is 74.3 Å². The lowest BCUT2D eigenvalue weighted by atomic mass is 9.91. The Morgan fingerprint density at radius 1 is 0.714 bits per heavy atom. The molecule has 7 heteroatoms. The van der Waals surface area contributed by atoms with E-state index < -0.39 is 11.8 Å². The highest BCUT2D eigenvalue weighted by molar-refractivity contribution is 6.33. The van der Waals surface area contributed by atoms with Crippen molar-refractivity contribution in [3.8, 4) is 23.0 Å². The van der Waals surface area contributed by atoms with Gasteiger partial charge in [-0.2, -0.15) is 0 Å². The van der Waals surface area contributed by atoms with Crippen molar-refractivity contribution in [3.63, 3.8) is 0 Å². The Hall–Kier alpha value is -3.48. The van der Waals surface area contributed by atoms with E-state index in [9.17, 15) is 9.59 Å². The maximum absolute atomic E-state index is 12.8. The van der Waals surface area contributed by atoms with Gasteiger partial charge in [0.05, 0.1) is 34.0 Å². The van der Waals surface area contributed by atoms with Gasteiger partial charge in [0.2, 0.25) is 0 Å². The van der Waals surface area contributed by atoms with E-state index in [0.29, 0.717) is 39.7 Å². The number of carbonyl (C=O) groups excluding carboxylic acids is 2. The first-order valence-electron chi connectivity index (χ1n) is 8.47. The monoisotopic (exact) mass is 383 g/mol. The predicted octanol–water partition coefficient (Wildman–Crippen LogP) is 2.87. The smallest absolute Gasteiger partial charge is 0.261 e. The summed E-state index contributed by atoms with van der Waals surface area (Å²) in [5.74, 6) is 1.17. The van der Waals surface area contributed by atoms with E-state index in [1.54, 1.807) is 50.6 Å². The van der Waals surface area contributed by atoms with Crippen LogP contribution in [-0.4, -0.2) is 52.2 Å². The van der Waals surface area contributed by atoms with E-state index in [0.717, 1.165) is 10.5 Å². The normalized spacial score (nSPS) is 14.8. The van der Waals surface area contributed by atoms with Crippen LogP contribution in [0.1, 0.15) is 21.5 Å². The molecule has 0 bridgehead atoms. The Morgan fingerprint density at radius 2 is 1.25 bits per heavy atom. The number of likely N-dealkylation sites (N-methyl/N-ethyl adjacent to an activating group) is 1. The zero-order valence-electron chi connectivity index (χ0n) is 16.4. The minimum absolute atomic E-state index is 0.366. The summed E-state index contributed by atoms with van der Waals surface area (Å²) in [5.41, 5.74) is 1.95. The molecule has 0 unspecified atom stereocenters. The number of fused-ring (bicyclic) bond motifs is 1. The van der Waals surface area contributed by atoms with Crippen LogP contribution in [0.15, 0.2) is 30.3 Å². The minimum atomic E-state index is -0.403. The Kier molecular flexibility index (Phi) is 5.26. The highest BCUT2D eigenvalue weighted by atomic mass is 16.5. The van der Waals surface area contributed by atoms with Gasteiger partial charge in [-0.15, -0.1) is 0 Å². The summed E-state index contributed by atoms with van der Waals surface area (Å²) >= 11 is 0. The molecule has 0 saturated carbocycles. The number of amides is 2. The summed E-state index contributed by atoms with van der Waals surface area (Å²) in [6.45, 7) is 0. The number of hydrogen-bond donors (Lipinski definition) is 0. The van der Waals surface area contributed by atoms with Gasteiger partial charge in [0.1, 0.15) is 0 Å². The number of methoxy groups -OCH3 is 4. The number of imide groups is 1. The Balaban J connectivity index is 2.21. The van der Waals surface area contributed by atoms with Crippen LogP contribution in [0, 0.1) is 0 Å². The largest absolute Gasteiger partial charge is 0.493 e. The highest BCUT2D eigenvalue weighted by Gasteiger charge is 2.34. The molecule has 3 rings (SSSR count). The fourth-order valence-corrected chi connectivity index (χ4v) is 3.10. The van der Waals surface area contributed by atoms with Crippen LogP contribution in [0.2, 0.25) is 0 Å². The summed E-state index contributed by atoms with van der Waals surface area (Å²) in [4.78, 5) is 26.5. The molecular weight excluding hydrogens is 362 g/mol. The summed E-state index contributed by atoms with van der Waals surface area (Å²) in [5, 5.41) is 0. The molecule has 146 valence electrons. The van der Waals surface area contributed by atoms with Crippen LogP contribution in [0.4, 0.5) is 0 Å². The summed E-state index contributed by atoms with van der Waals surface area (Å²) in [6, 6.07) is 8.54. The number of rotatable bonds is 5. The van der Waals surface area contributed by atoms with Gasteiger partial charge in [0.25, 0.3) is 11.8 Å². The third-order valence-electron chi connectivity index (χ3n) is 4.60. The van der Waals surface area contributed by atoms with Gasteiger partial charge in [-0.05, 0) is 35.9 Å². The number of ether oxygens (including phenoxy) is 4. The molecule has 7 nitrogen and oxygen atoms in total. The molecule has 2 amide bonds. The molecule has 1 aliphatic rings. The first-order valence-corrected chi connectivity index (χ1v) is 8.47. The van der Waals surface area contributed by atoms with Gasteiger partial charge in [-0.1, -0.05) is 6.07 Å². The standard InChI is InChI=1S/C21H21NO6/c1-22-20(23)14(8-12-6-7-16(25-2)17(9-12)26-3)13-10-18(27-4)19(28-5)11-15(13)21(22)24/h6-11H,1-5H3. The average molecular weight is 383 g/mol. The Bertz CT molecular complexity index is 979. The van der Waals surface area contributed by atoms with Crippen molar-refractivity contribution in [2.24, 2.45) is 0 Å². The fourth-order valence-electron chi connectivity index (χ4n) is 3.10. The Labute approximate surface area is 163 Å². The van der Waals surface area contributed by atoms with E-state index in [-0.39, 0.29) is 0 Å². The van der Waals surface area contributed by atoms with Crippen molar-refractivity contribution >= 4 is 23.5 Å². The zero-order valence-corrected chi connectivity index (χ0v) is 16.4. The fraction of sp³-hybridized carbons (Fsp3) is 0.238. The molecule has 0 atom stereocenters. The van der Waals surface area contributed by atoms with Crippen molar-refractivity contribution in [1.82, 2.24) is 4.90 Å². The summed E-state index contributed by atoms with van der Waals surface area (Å²) < 4.78 is 21.2. The third kappa shape index (κ3) is 3.15. The highest BCUT2D eigenvalue weighted by Crippen LogP contribution is 2.38. The van der Waals surface area contributed by atoms with E-state index in [4.69, 9.17) is 18.9 Å². The lowest BCUT2D eigenvalue weighted by Gasteiger charge is -2.26. The molecule has 1 aliphatic heterocycles. The van der Waals surface area contributed by atoms with Gasteiger partial charge in [-0.25, -0.2) is 0 Å². The van der Waals surface area contributed by atoms with Crippen molar-refractivity contribution in [2.75, 3.05) is 35.5 Å². The van der Waals surface area contributed by atoms with E-state index in [1.165, 1.54) is 21.3 Å². The SMILES string of the molecule is COc1ccc(C=C2C(=O)N(C)C(=O)c3cc(OC)c(OC)cc32)cc1OC. The second-order valence-corrected chi connectivity index (χ2v) is 6.09. The molecule has 2 aromatic rings. The average Bonchev–Trinajstić information content (AvgIpc) is 2.73. The molecule has 0 radical (unpaired) electrons. The lowest BCUT2D eigenvalue weighted by molar-refractivity contribution is -0.121. The van der Waals surface area contributed by atoms with E-state index in [1.807, 2.05) is 0 Å². The third-order valence-corrected chi connectivity index (χ3v) is 4.60. The van der Waals surface area contributed by atoms with Crippen molar-refractivity contribution < 1.29 is 28.5 Å². The van der Waals surface area contributed by atoms with Crippen LogP contribution in [-0.2, 0) is 4.79 Å². The number of carbonyl (C=O) groups is 2. The lowest BCUT2D eigenvalue weighted by Crippen LogP contribution is -2.38. The molecule has 0 N–H and O–H groups in total. The quantitative estimate of drug-likeness (QED) is 0.584. The molecule has 0 aromatic heterocycles. The minimum Gasteiger partial charge on any atom is -0.493 e. The van der Waals surface area contributed by atoms with Crippen LogP contribution in [0.25, 0.3) is 11.6 Å². The van der Waals surface area contributed by atoms with Gasteiger partial charge in [-0.3, -0.25) is 14.5 Å². The zero-order chi connectivity index (χ0) is 20.4. The molecule has 1 heterocycles. The first-order chi connectivity index (χ1) is 13.4. The molecule has 0 spiro atoms. The van der Waals surface area contributed by atoms with E-state index >= 15 is 0 Å². The first kappa shape index (κ1) is 19.3. The van der Waals surface area contributed by atoms with Crippen LogP contribution in [0.3, 0.4) is 0 Å². The van der Waals surface area contributed by atoms with Crippen molar-refractivity contribution in [3.05, 3.63) is 47.0 Å². The Morgan fingerprint density at radius 3 is 1.82 bits per heavy atom. The van der Waals surface area contributed by atoms with Gasteiger partial charge in [0, 0.05) is 18.2 Å². The maximum Gasteiger partial charge on any atom is 0.261 e. The van der Waals surface area contributed by atoms with Gasteiger partial charge < -0.3 is 18.9 Å². The molecule has 0 saturated heterocycles. The maximum atomic E-state index is 12.8. The van der Waals surface area contributed by atoms with Crippen molar-refractivity contribution in [2.45, 2.75) is 0 Å². The molecule has 0 fully saturated rings. The van der Waals surface area contributed by atoms with Gasteiger partial charge >= 0.3 is 0 Å². The second-order valence-electron chi connectivity index (χ2n) is 6.09. The summed E-state index contributed by atoms with van der Waals surface area (Å²) in [7, 11) is 7.54. The number of benzene rings is 2. The van der Waals surface area contributed by atoms with Crippen molar-refractivity contribution in [1.29, 1.82) is 0 Å². The van der Waals surface area contributed by atoms with Gasteiger partial charge in [0.15, 0.2) is 23.0 Å². The molecule has 0 aliphatic carbocycles. The molecule has 28 heavy (non-hydrogen) atoms. The van der Waals surface area contributed by atoms with Crippen LogP contribution >= 0.6 is 0 Å². The summed E-state index contributed by atoms with van der Waals surface area (Å²) in [6.07, 6.45) is 1.71. The predicted molar refractivity (Wildman–Crippen MR) is 104 cm³/mol. The second kappa shape index (κ2) is 7.64. The molecular formula is C21H21NO6. The number of nitrogens with zero attached hydrogens (tertiary/aromatic N) is 1. The van der Waals surface area contributed by atoms with Crippen LogP contribution < -0.4 is 18.9 Å². The van der Waals surface area contributed by atoms with Crippen LogP contribution in [0.5, 0.6) is 23.0 Å².